The zero-order valence-corrected chi connectivity index (χ0v) is 18.7. The molecule has 2 aromatic carbocycles. The van der Waals surface area contributed by atoms with Crippen LogP contribution in [-0.2, 0) is 16.4 Å². The van der Waals surface area contributed by atoms with Gasteiger partial charge in [-0.2, -0.15) is 4.99 Å². The standard InChI is InChI=1S/C21H24N2O4S2/c1-6-23-18-17(27-5)11-10-14(4)19(18)28-21(23)22-20(24)15-8-7-9-16(12-15)29(25,26)13(2)3/h7-13H,6H2,1-5H3. The normalized spacial score (nSPS) is 12.7. The third kappa shape index (κ3) is 3.86. The van der Waals surface area contributed by atoms with Crippen molar-refractivity contribution < 1.29 is 17.9 Å². The molecule has 0 aliphatic carbocycles. The van der Waals surface area contributed by atoms with Crippen molar-refractivity contribution >= 4 is 37.3 Å². The number of benzene rings is 2. The molecular weight excluding hydrogens is 408 g/mol. The Bertz CT molecular complexity index is 1250. The Morgan fingerprint density at radius 3 is 2.59 bits per heavy atom. The number of rotatable bonds is 5. The minimum Gasteiger partial charge on any atom is -0.495 e. The number of hydrogen-bond donors (Lipinski definition) is 0. The molecule has 0 unspecified atom stereocenters. The van der Waals surface area contributed by atoms with Gasteiger partial charge in [-0.25, -0.2) is 8.42 Å². The van der Waals surface area contributed by atoms with Gasteiger partial charge in [-0.05, 0) is 57.5 Å². The van der Waals surface area contributed by atoms with Gasteiger partial charge in [0.25, 0.3) is 5.91 Å². The highest BCUT2D eigenvalue weighted by atomic mass is 32.2. The van der Waals surface area contributed by atoms with E-state index in [1.165, 1.54) is 23.5 Å². The van der Waals surface area contributed by atoms with Crippen LogP contribution >= 0.6 is 11.3 Å². The summed E-state index contributed by atoms with van der Waals surface area (Å²) in [5, 5.41) is -0.565. The first-order valence-corrected chi connectivity index (χ1v) is 11.7. The molecule has 0 aliphatic heterocycles. The summed E-state index contributed by atoms with van der Waals surface area (Å²) in [6, 6.07) is 9.94. The lowest BCUT2D eigenvalue weighted by molar-refractivity contribution is 0.0997. The number of methoxy groups -OCH3 is 1. The van der Waals surface area contributed by atoms with E-state index >= 15 is 0 Å². The largest absolute Gasteiger partial charge is 0.495 e. The number of fused-ring (bicyclic) bond motifs is 1. The van der Waals surface area contributed by atoms with Crippen LogP contribution < -0.4 is 9.54 Å². The molecule has 8 heteroatoms. The van der Waals surface area contributed by atoms with E-state index in [0.717, 1.165) is 21.5 Å². The van der Waals surface area contributed by atoms with Crippen LogP contribution in [0.1, 0.15) is 36.7 Å². The van der Waals surface area contributed by atoms with Crippen LogP contribution in [0, 0.1) is 6.92 Å². The molecule has 1 heterocycles. The van der Waals surface area contributed by atoms with Crippen LogP contribution in [0.15, 0.2) is 46.3 Å². The smallest absolute Gasteiger partial charge is 0.279 e. The van der Waals surface area contributed by atoms with E-state index < -0.39 is 21.0 Å². The van der Waals surface area contributed by atoms with Gasteiger partial charge in [-0.1, -0.05) is 23.5 Å². The maximum Gasteiger partial charge on any atom is 0.279 e. The summed E-state index contributed by atoms with van der Waals surface area (Å²) in [7, 11) is -1.85. The maximum atomic E-state index is 12.8. The average Bonchev–Trinajstić information content (AvgIpc) is 3.07. The predicted molar refractivity (Wildman–Crippen MR) is 115 cm³/mol. The zero-order chi connectivity index (χ0) is 21.3. The van der Waals surface area contributed by atoms with E-state index in [9.17, 15) is 13.2 Å². The second kappa shape index (κ2) is 8.12. The summed E-state index contributed by atoms with van der Waals surface area (Å²) in [6.07, 6.45) is 0. The number of sulfone groups is 1. The molecule has 0 N–H and O–H groups in total. The summed E-state index contributed by atoms with van der Waals surface area (Å²) in [5.74, 6) is 0.249. The van der Waals surface area contributed by atoms with Crippen molar-refractivity contribution in [2.24, 2.45) is 4.99 Å². The van der Waals surface area contributed by atoms with E-state index in [4.69, 9.17) is 4.74 Å². The second-order valence-corrected chi connectivity index (χ2v) is 10.4. The highest BCUT2D eigenvalue weighted by Gasteiger charge is 2.20. The lowest BCUT2D eigenvalue weighted by Crippen LogP contribution is -2.17. The first-order chi connectivity index (χ1) is 13.7. The van der Waals surface area contributed by atoms with Gasteiger partial charge in [0.1, 0.15) is 11.3 Å². The van der Waals surface area contributed by atoms with Crippen molar-refractivity contribution in [2.75, 3.05) is 7.11 Å². The molecule has 0 saturated heterocycles. The number of aromatic nitrogens is 1. The van der Waals surface area contributed by atoms with Crippen LogP contribution in [0.4, 0.5) is 0 Å². The number of ether oxygens (including phenoxy) is 1. The zero-order valence-electron chi connectivity index (χ0n) is 17.1. The monoisotopic (exact) mass is 432 g/mol. The van der Waals surface area contributed by atoms with Gasteiger partial charge in [0.2, 0.25) is 0 Å². The third-order valence-electron chi connectivity index (χ3n) is 4.75. The number of nitrogens with zero attached hydrogens (tertiary/aromatic N) is 2. The number of carbonyl (C=O) groups is 1. The fourth-order valence-electron chi connectivity index (χ4n) is 3.05. The summed E-state index contributed by atoms with van der Waals surface area (Å²) < 4.78 is 33.3. The van der Waals surface area contributed by atoms with Crippen molar-refractivity contribution in [3.63, 3.8) is 0 Å². The van der Waals surface area contributed by atoms with Crippen molar-refractivity contribution in [3.05, 3.63) is 52.3 Å². The Morgan fingerprint density at radius 1 is 1.24 bits per heavy atom. The highest BCUT2D eigenvalue weighted by Crippen LogP contribution is 2.30. The quantitative estimate of drug-likeness (QED) is 0.611. The minimum atomic E-state index is -3.47. The van der Waals surface area contributed by atoms with Gasteiger partial charge in [-0.15, -0.1) is 0 Å². The van der Waals surface area contributed by atoms with Crippen LogP contribution in [-0.4, -0.2) is 31.3 Å². The van der Waals surface area contributed by atoms with E-state index in [2.05, 4.69) is 4.99 Å². The number of aryl methyl sites for hydroxylation is 2. The van der Waals surface area contributed by atoms with Gasteiger partial charge >= 0.3 is 0 Å². The Balaban J connectivity index is 2.16. The van der Waals surface area contributed by atoms with Gasteiger partial charge < -0.3 is 9.30 Å². The van der Waals surface area contributed by atoms with E-state index in [1.54, 1.807) is 33.1 Å². The second-order valence-electron chi connectivity index (χ2n) is 6.93. The van der Waals surface area contributed by atoms with Crippen LogP contribution in [0.3, 0.4) is 0 Å². The van der Waals surface area contributed by atoms with Crippen molar-refractivity contribution in [1.82, 2.24) is 4.57 Å². The van der Waals surface area contributed by atoms with Crippen molar-refractivity contribution in [1.29, 1.82) is 0 Å². The topological polar surface area (TPSA) is 77.7 Å². The molecule has 0 aliphatic rings. The van der Waals surface area contributed by atoms with Gasteiger partial charge in [0.15, 0.2) is 14.6 Å². The fraction of sp³-hybridized carbons (Fsp3) is 0.333. The van der Waals surface area contributed by atoms with Gasteiger partial charge in [0, 0.05) is 12.1 Å². The summed E-state index contributed by atoms with van der Waals surface area (Å²) >= 11 is 1.42. The molecule has 0 fully saturated rings. The van der Waals surface area contributed by atoms with Crippen molar-refractivity contribution in [3.8, 4) is 5.75 Å². The van der Waals surface area contributed by atoms with Crippen LogP contribution in [0.2, 0.25) is 0 Å². The molecule has 1 amide bonds. The van der Waals surface area contributed by atoms with Crippen molar-refractivity contribution in [2.45, 2.75) is 44.4 Å². The Labute approximate surface area is 174 Å². The first-order valence-electron chi connectivity index (χ1n) is 9.30. The summed E-state index contributed by atoms with van der Waals surface area (Å²) in [5.41, 5.74) is 2.23. The van der Waals surface area contributed by atoms with Crippen LogP contribution in [0.25, 0.3) is 10.2 Å². The summed E-state index contributed by atoms with van der Waals surface area (Å²) in [4.78, 5) is 17.8. The number of hydrogen-bond acceptors (Lipinski definition) is 5. The molecule has 0 bridgehead atoms. The molecule has 3 aromatic rings. The number of amides is 1. The Morgan fingerprint density at radius 2 is 1.97 bits per heavy atom. The maximum absolute atomic E-state index is 12.8. The molecule has 3 rings (SSSR count). The molecule has 0 spiro atoms. The fourth-order valence-corrected chi connectivity index (χ4v) is 5.33. The lowest BCUT2D eigenvalue weighted by Gasteiger charge is -2.08. The Hall–Kier alpha value is -2.45. The van der Waals surface area contributed by atoms with Gasteiger partial charge in [0.05, 0.1) is 22.0 Å². The predicted octanol–water partition coefficient (Wildman–Crippen LogP) is 3.96. The SMILES string of the molecule is CCn1c(=NC(=O)c2cccc(S(=O)(=O)C(C)C)c2)sc2c(C)ccc(OC)c21. The third-order valence-corrected chi connectivity index (χ3v) is 8.11. The number of carbonyl (C=O) groups excluding carboxylic acids is 1. The molecular formula is C21H24N2O4S2. The molecule has 0 atom stereocenters. The minimum absolute atomic E-state index is 0.130. The average molecular weight is 433 g/mol. The molecule has 154 valence electrons. The highest BCUT2D eigenvalue weighted by molar-refractivity contribution is 7.92. The molecule has 6 nitrogen and oxygen atoms in total. The lowest BCUT2D eigenvalue weighted by atomic mass is 10.2. The summed E-state index contributed by atoms with van der Waals surface area (Å²) in [6.45, 7) is 7.83. The molecule has 0 saturated carbocycles. The van der Waals surface area contributed by atoms with Crippen LogP contribution in [0.5, 0.6) is 5.75 Å². The Kier molecular flexibility index (Phi) is 5.95. The van der Waals surface area contributed by atoms with E-state index in [-0.39, 0.29) is 10.5 Å². The number of thiazole rings is 1. The molecule has 1 aromatic heterocycles. The van der Waals surface area contributed by atoms with E-state index in [0.29, 0.717) is 11.3 Å². The molecule has 29 heavy (non-hydrogen) atoms. The van der Waals surface area contributed by atoms with Gasteiger partial charge in [-0.3, -0.25) is 4.79 Å². The first kappa shape index (κ1) is 21.3. The molecule has 0 radical (unpaired) electrons. The van der Waals surface area contributed by atoms with E-state index in [1.807, 2.05) is 30.5 Å².